The zero-order valence-electron chi connectivity index (χ0n) is 15.4. The highest BCUT2D eigenvalue weighted by Crippen LogP contribution is 2.29. The Labute approximate surface area is 155 Å². The molecule has 6 nitrogen and oxygen atoms in total. The smallest absolute Gasteiger partial charge is 0.229 e. The van der Waals surface area contributed by atoms with E-state index in [0.717, 1.165) is 56.8 Å². The minimum absolute atomic E-state index is 0.654. The van der Waals surface area contributed by atoms with Gasteiger partial charge in [0.05, 0.1) is 24.6 Å². The number of nitrogens with one attached hydrogen (secondary N) is 1. The molecule has 0 amide bonds. The number of morpholine rings is 1. The van der Waals surface area contributed by atoms with Crippen molar-refractivity contribution in [3.05, 3.63) is 36.5 Å². The fourth-order valence-electron chi connectivity index (χ4n) is 3.60. The summed E-state index contributed by atoms with van der Waals surface area (Å²) in [5, 5.41) is 3.43. The van der Waals surface area contributed by atoms with Gasteiger partial charge in [-0.1, -0.05) is 19.1 Å². The van der Waals surface area contributed by atoms with Gasteiger partial charge in [-0.3, -0.25) is 0 Å². The van der Waals surface area contributed by atoms with E-state index >= 15 is 0 Å². The highest BCUT2D eigenvalue weighted by atomic mass is 16.5. The van der Waals surface area contributed by atoms with E-state index in [2.05, 4.69) is 45.2 Å². The normalized spacial score (nSPS) is 18.8. The molecule has 0 saturated carbocycles. The second-order valence-corrected chi connectivity index (χ2v) is 7.15. The minimum atomic E-state index is 0.654. The molecule has 0 atom stereocenters. The van der Waals surface area contributed by atoms with Crippen LogP contribution in [0.1, 0.15) is 19.8 Å². The van der Waals surface area contributed by atoms with E-state index in [1.165, 1.54) is 18.5 Å². The van der Waals surface area contributed by atoms with Crippen molar-refractivity contribution in [1.29, 1.82) is 0 Å². The molecule has 6 heteroatoms. The van der Waals surface area contributed by atoms with Crippen molar-refractivity contribution in [3.63, 3.8) is 0 Å². The first-order chi connectivity index (χ1) is 12.8. The standard InChI is InChI=1S/C20H27N5O/c1-16-7-10-25(11-8-16)19-6-9-21-20(23-19)22-17-4-2-3-5-18(17)24-12-14-26-15-13-24/h2-6,9,16H,7-8,10-15H2,1H3,(H,21,22,23). The summed E-state index contributed by atoms with van der Waals surface area (Å²) in [6.07, 6.45) is 4.30. The first-order valence-electron chi connectivity index (χ1n) is 9.56. The summed E-state index contributed by atoms with van der Waals surface area (Å²) in [6.45, 7) is 7.83. The number of hydrogen-bond donors (Lipinski definition) is 1. The summed E-state index contributed by atoms with van der Waals surface area (Å²) < 4.78 is 5.48. The first kappa shape index (κ1) is 17.1. The molecular formula is C20H27N5O. The summed E-state index contributed by atoms with van der Waals surface area (Å²) in [4.78, 5) is 13.9. The van der Waals surface area contributed by atoms with Crippen LogP contribution in [-0.4, -0.2) is 49.4 Å². The number of aromatic nitrogens is 2. The minimum Gasteiger partial charge on any atom is -0.378 e. The van der Waals surface area contributed by atoms with Crippen molar-refractivity contribution in [1.82, 2.24) is 9.97 Å². The molecule has 2 aliphatic heterocycles. The highest BCUT2D eigenvalue weighted by Gasteiger charge is 2.18. The van der Waals surface area contributed by atoms with Crippen molar-refractivity contribution in [2.45, 2.75) is 19.8 Å². The van der Waals surface area contributed by atoms with Crippen molar-refractivity contribution in [2.24, 2.45) is 5.92 Å². The van der Waals surface area contributed by atoms with Gasteiger partial charge in [0, 0.05) is 32.4 Å². The monoisotopic (exact) mass is 353 g/mol. The maximum absolute atomic E-state index is 5.48. The van der Waals surface area contributed by atoms with Crippen LogP contribution >= 0.6 is 0 Å². The fourth-order valence-corrected chi connectivity index (χ4v) is 3.60. The molecule has 2 aliphatic rings. The Bertz CT molecular complexity index is 724. The first-order valence-corrected chi connectivity index (χ1v) is 9.56. The van der Waals surface area contributed by atoms with Crippen LogP contribution in [0, 0.1) is 5.92 Å². The third-order valence-electron chi connectivity index (χ3n) is 5.25. The predicted molar refractivity (Wildman–Crippen MR) is 105 cm³/mol. The third kappa shape index (κ3) is 3.90. The van der Waals surface area contributed by atoms with Crippen LogP contribution < -0.4 is 15.1 Å². The van der Waals surface area contributed by atoms with Crippen LogP contribution in [0.5, 0.6) is 0 Å². The van der Waals surface area contributed by atoms with E-state index in [1.807, 2.05) is 18.3 Å². The molecule has 0 aliphatic carbocycles. The Kier molecular flexibility index (Phi) is 5.20. The second-order valence-electron chi connectivity index (χ2n) is 7.15. The largest absolute Gasteiger partial charge is 0.378 e. The molecule has 138 valence electrons. The Hall–Kier alpha value is -2.34. The van der Waals surface area contributed by atoms with Crippen molar-refractivity contribution < 1.29 is 4.74 Å². The Morgan fingerprint density at radius 1 is 1.00 bits per heavy atom. The summed E-state index contributed by atoms with van der Waals surface area (Å²) in [7, 11) is 0. The molecule has 4 rings (SSSR count). The van der Waals surface area contributed by atoms with Gasteiger partial charge in [0.2, 0.25) is 5.95 Å². The predicted octanol–water partition coefficient (Wildman–Crippen LogP) is 3.29. The molecular weight excluding hydrogens is 326 g/mol. The number of nitrogens with zero attached hydrogens (tertiary/aromatic N) is 4. The average molecular weight is 353 g/mol. The lowest BCUT2D eigenvalue weighted by atomic mass is 9.99. The van der Waals surface area contributed by atoms with Gasteiger partial charge < -0.3 is 19.9 Å². The maximum atomic E-state index is 5.48. The molecule has 26 heavy (non-hydrogen) atoms. The zero-order chi connectivity index (χ0) is 17.8. The SMILES string of the molecule is CC1CCN(c2ccnc(Nc3ccccc3N3CCOCC3)n2)CC1. The number of benzene rings is 1. The van der Waals surface area contributed by atoms with Gasteiger partial charge in [0.25, 0.3) is 0 Å². The number of para-hydroxylation sites is 2. The molecule has 1 N–H and O–H groups in total. The molecule has 2 saturated heterocycles. The second kappa shape index (κ2) is 7.91. The van der Waals surface area contributed by atoms with Crippen LogP contribution in [0.25, 0.3) is 0 Å². The number of hydrogen-bond acceptors (Lipinski definition) is 6. The lowest BCUT2D eigenvalue weighted by molar-refractivity contribution is 0.123. The topological polar surface area (TPSA) is 53.5 Å². The molecule has 0 unspecified atom stereocenters. The molecule has 2 fully saturated rings. The van der Waals surface area contributed by atoms with Crippen molar-refractivity contribution >= 4 is 23.1 Å². The Morgan fingerprint density at radius 2 is 1.77 bits per heavy atom. The van der Waals surface area contributed by atoms with E-state index in [0.29, 0.717) is 5.95 Å². The number of piperidine rings is 1. The van der Waals surface area contributed by atoms with E-state index in [1.54, 1.807) is 0 Å². The fraction of sp³-hybridized carbons (Fsp3) is 0.500. The average Bonchev–Trinajstić information content (AvgIpc) is 2.70. The summed E-state index contributed by atoms with van der Waals surface area (Å²) in [5.74, 6) is 2.48. The van der Waals surface area contributed by atoms with Gasteiger partial charge in [-0.25, -0.2) is 4.98 Å². The van der Waals surface area contributed by atoms with Crippen LogP contribution in [0.15, 0.2) is 36.5 Å². The van der Waals surface area contributed by atoms with Crippen molar-refractivity contribution in [3.8, 4) is 0 Å². The lowest BCUT2D eigenvalue weighted by Crippen LogP contribution is -2.36. The zero-order valence-corrected chi connectivity index (χ0v) is 15.4. The summed E-state index contributed by atoms with van der Waals surface area (Å²) >= 11 is 0. The molecule has 1 aromatic heterocycles. The Morgan fingerprint density at radius 3 is 2.58 bits per heavy atom. The van der Waals surface area contributed by atoms with Gasteiger partial charge in [-0.2, -0.15) is 4.98 Å². The van der Waals surface area contributed by atoms with E-state index in [9.17, 15) is 0 Å². The summed E-state index contributed by atoms with van der Waals surface area (Å²) in [6, 6.07) is 10.4. The van der Waals surface area contributed by atoms with Gasteiger partial charge in [0.15, 0.2) is 0 Å². The van der Waals surface area contributed by atoms with Crippen LogP contribution in [0.2, 0.25) is 0 Å². The van der Waals surface area contributed by atoms with Gasteiger partial charge in [0.1, 0.15) is 5.82 Å². The highest BCUT2D eigenvalue weighted by molar-refractivity contribution is 5.73. The number of ether oxygens (including phenoxy) is 1. The van der Waals surface area contributed by atoms with Crippen LogP contribution in [-0.2, 0) is 4.74 Å². The third-order valence-corrected chi connectivity index (χ3v) is 5.25. The molecule has 3 heterocycles. The number of anilines is 4. The maximum Gasteiger partial charge on any atom is 0.229 e. The summed E-state index contributed by atoms with van der Waals surface area (Å²) in [5.41, 5.74) is 2.22. The molecule has 0 radical (unpaired) electrons. The van der Waals surface area contributed by atoms with Crippen LogP contribution in [0.3, 0.4) is 0 Å². The van der Waals surface area contributed by atoms with Gasteiger partial charge in [-0.15, -0.1) is 0 Å². The van der Waals surface area contributed by atoms with Crippen molar-refractivity contribution in [2.75, 3.05) is 54.5 Å². The van der Waals surface area contributed by atoms with E-state index in [-0.39, 0.29) is 0 Å². The molecule has 0 bridgehead atoms. The molecule has 2 aromatic rings. The lowest BCUT2D eigenvalue weighted by Gasteiger charge is -2.31. The molecule has 0 spiro atoms. The van der Waals surface area contributed by atoms with E-state index < -0.39 is 0 Å². The van der Waals surface area contributed by atoms with Gasteiger partial charge >= 0.3 is 0 Å². The number of rotatable bonds is 4. The Balaban J connectivity index is 1.52. The van der Waals surface area contributed by atoms with Gasteiger partial charge in [-0.05, 0) is 37.0 Å². The molecule has 1 aromatic carbocycles. The van der Waals surface area contributed by atoms with E-state index in [4.69, 9.17) is 9.72 Å². The quantitative estimate of drug-likeness (QED) is 0.910. The van der Waals surface area contributed by atoms with Crippen LogP contribution in [0.4, 0.5) is 23.1 Å².